The Morgan fingerprint density at radius 2 is 1.57 bits per heavy atom. The Bertz CT molecular complexity index is 1360. The number of carboxylic acids is 1. The fourth-order valence-corrected chi connectivity index (χ4v) is 13.8. The quantitative estimate of drug-likeness (QED) is 0.214. The Kier molecular flexibility index (Phi) is 8.73. The standard InChI is InChI=1S/C42H65NO4/c1-28(2)29-14-19-42(22-25-43-23-10-11-24-43)21-20-40(8)30(36(29)42)12-13-32-39(7)17-16-33(38(5,6)31(39)15-18-41(32,40)9)47-35(46)27-37(3,4)26-34(44)45/h10-11,23-24,29-33,36H,1,12-22,25-27H2,2-9H3,(H,44,45)/t29-,30+,31-,32+,33-,36+,39-,40+,41+,42+/m0/s1. The van der Waals surface area contributed by atoms with Crippen molar-refractivity contribution >= 4 is 11.9 Å². The second kappa shape index (κ2) is 11.8. The first kappa shape index (κ1) is 34.8. The first-order chi connectivity index (χ1) is 21.9. The van der Waals surface area contributed by atoms with E-state index in [9.17, 15) is 14.7 Å². The maximum Gasteiger partial charge on any atom is 0.306 e. The van der Waals surface area contributed by atoms with Gasteiger partial charge in [0.15, 0.2) is 0 Å². The van der Waals surface area contributed by atoms with Gasteiger partial charge in [0, 0.05) is 24.4 Å². The molecule has 5 aliphatic carbocycles. The minimum absolute atomic E-state index is 0.0287. The van der Waals surface area contributed by atoms with E-state index in [0.717, 1.165) is 31.2 Å². The van der Waals surface area contributed by atoms with Gasteiger partial charge >= 0.3 is 11.9 Å². The fourth-order valence-electron chi connectivity index (χ4n) is 13.8. The van der Waals surface area contributed by atoms with Gasteiger partial charge in [-0.3, -0.25) is 9.59 Å². The Morgan fingerprint density at radius 1 is 0.872 bits per heavy atom. The van der Waals surface area contributed by atoms with Crippen molar-refractivity contribution in [2.45, 2.75) is 152 Å². The molecule has 5 nitrogen and oxygen atoms in total. The molecule has 1 aromatic heterocycles. The molecule has 0 spiro atoms. The Labute approximate surface area is 285 Å². The highest BCUT2D eigenvalue weighted by molar-refractivity contribution is 5.73. The number of carbonyl (C=O) groups excluding carboxylic acids is 1. The summed E-state index contributed by atoms with van der Waals surface area (Å²) in [4.78, 5) is 24.6. The maximum atomic E-state index is 13.2. The number of hydrogen-bond donors (Lipinski definition) is 1. The van der Waals surface area contributed by atoms with E-state index >= 15 is 0 Å². The monoisotopic (exact) mass is 647 g/mol. The van der Waals surface area contributed by atoms with Gasteiger partial charge < -0.3 is 14.4 Å². The molecule has 5 fully saturated rings. The van der Waals surface area contributed by atoms with Crippen LogP contribution in [0.2, 0.25) is 0 Å². The van der Waals surface area contributed by atoms with Gasteiger partial charge in [-0.25, -0.2) is 0 Å². The molecule has 0 radical (unpaired) electrons. The second-order valence-corrected chi connectivity index (χ2v) is 19.5. The van der Waals surface area contributed by atoms with Gasteiger partial charge in [-0.1, -0.05) is 60.6 Å². The predicted molar refractivity (Wildman–Crippen MR) is 189 cm³/mol. The molecule has 262 valence electrons. The normalized spacial score (nSPS) is 42.4. The summed E-state index contributed by atoms with van der Waals surface area (Å²) in [6, 6.07) is 4.33. The van der Waals surface area contributed by atoms with Crippen LogP contribution in [-0.2, 0) is 20.9 Å². The maximum absolute atomic E-state index is 13.2. The molecule has 0 bridgehead atoms. The smallest absolute Gasteiger partial charge is 0.306 e. The zero-order chi connectivity index (χ0) is 34.2. The van der Waals surface area contributed by atoms with E-state index in [1.54, 1.807) is 0 Å². The summed E-state index contributed by atoms with van der Waals surface area (Å²) >= 11 is 0. The SMILES string of the molecule is C=C(C)[C@@H]1CC[C@]2(CCn3cccc3)CC[C@]3(C)[C@H](CC[C@@H]4[C@@]5(C)CC[C@H](OC(=O)CC(C)(C)CC(=O)O)C(C)(C)[C@@H]5CC[C@]43C)[C@@H]12. The summed E-state index contributed by atoms with van der Waals surface area (Å²) in [6.07, 6.45) is 18.3. The van der Waals surface area contributed by atoms with Gasteiger partial charge in [-0.15, -0.1) is 0 Å². The van der Waals surface area contributed by atoms with Crippen molar-refractivity contribution < 1.29 is 19.4 Å². The average Bonchev–Trinajstić information content (AvgIpc) is 3.61. The van der Waals surface area contributed by atoms with Crippen molar-refractivity contribution in [2.24, 2.45) is 62.1 Å². The topological polar surface area (TPSA) is 68.5 Å². The van der Waals surface area contributed by atoms with Gasteiger partial charge in [0.2, 0.25) is 0 Å². The largest absolute Gasteiger partial charge is 0.481 e. The van der Waals surface area contributed by atoms with Crippen LogP contribution in [-0.4, -0.2) is 27.7 Å². The molecule has 0 unspecified atom stereocenters. The van der Waals surface area contributed by atoms with Crippen LogP contribution >= 0.6 is 0 Å². The summed E-state index contributed by atoms with van der Waals surface area (Å²) < 4.78 is 8.69. The molecule has 0 aromatic carbocycles. The lowest BCUT2D eigenvalue weighted by atomic mass is 9.32. The summed E-state index contributed by atoms with van der Waals surface area (Å²) in [5.74, 6) is 2.23. The summed E-state index contributed by atoms with van der Waals surface area (Å²) in [6.45, 7) is 24.5. The molecule has 0 saturated heterocycles. The van der Waals surface area contributed by atoms with Crippen LogP contribution in [0, 0.1) is 62.1 Å². The predicted octanol–water partition coefficient (Wildman–Crippen LogP) is 10.3. The van der Waals surface area contributed by atoms with Gasteiger partial charge in [0.25, 0.3) is 0 Å². The third-order valence-corrected chi connectivity index (χ3v) is 16.2. The Balaban J connectivity index is 1.24. The van der Waals surface area contributed by atoms with E-state index in [2.05, 4.69) is 77.2 Å². The number of ether oxygens (including phenoxy) is 1. The van der Waals surface area contributed by atoms with Crippen molar-refractivity contribution in [3.8, 4) is 0 Å². The number of rotatable bonds is 9. The van der Waals surface area contributed by atoms with Crippen molar-refractivity contribution in [3.63, 3.8) is 0 Å². The average molecular weight is 648 g/mol. The number of aryl methyl sites for hydroxylation is 1. The number of carboxylic acid groups (broad SMARTS) is 1. The van der Waals surface area contributed by atoms with Gasteiger partial charge in [-0.05, 0) is 146 Å². The first-order valence-electron chi connectivity index (χ1n) is 19.1. The lowest BCUT2D eigenvalue weighted by molar-refractivity contribution is -0.250. The first-order valence-corrected chi connectivity index (χ1v) is 19.1. The molecular weight excluding hydrogens is 582 g/mol. The van der Waals surface area contributed by atoms with Crippen LogP contribution in [0.1, 0.15) is 139 Å². The molecule has 6 rings (SSSR count). The number of carbonyl (C=O) groups is 2. The van der Waals surface area contributed by atoms with Crippen LogP contribution in [0.25, 0.3) is 0 Å². The third-order valence-electron chi connectivity index (χ3n) is 16.2. The minimum Gasteiger partial charge on any atom is -0.481 e. The highest BCUT2D eigenvalue weighted by Gasteiger charge is 2.71. The number of aliphatic carboxylic acids is 1. The summed E-state index contributed by atoms with van der Waals surface area (Å²) in [5.41, 5.74) is 1.98. The molecule has 1 aromatic rings. The Morgan fingerprint density at radius 3 is 2.23 bits per heavy atom. The second-order valence-electron chi connectivity index (χ2n) is 19.5. The molecule has 1 N–H and O–H groups in total. The van der Waals surface area contributed by atoms with Crippen molar-refractivity contribution in [2.75, 3.05) is 0 Å². The van der Waals surface area contributed by atoms with Crippen LogP contribution in [0.15, 0.2) is 36.7 Å². The van der Waals surface area contributed by atoms with Crippen LogP contribution in [0.4, 0.5) is 0 Å². The molecule has 5 saturated carbocycles. The molecule has 10 atom stereocenters. The summed E-state index contributed by atoms with van der Waals surface area (Å²) in [7, 11) is 0. The van der Waals surface area contributed by atoms with E-state index in [0.29, 0.717) is 34.0 Å². The number of allylic oxidation sites excluding steroid dienone is 1. The lowest BCUT2D eigenvalue weighted by Crippen LogP contribution is -2.66. The Hall–Kier alpha value is -2.04. The number of fused-ring (bicyclic) bond motifs is 7. The van der Waals surface area contributed by atoms with Crippen molar-refractivity contribution in [3.05, 3.63) is 36.7 Å². The molecular formula is C42H65NO4. The molecule has 1 heterocycles. The highest BCUT2D eigenvalue weighted by atomic mass is 16.5. The summed E-state index contributed by atoms with van der Waals surface area (Å²) in [5, 5.41) is 9.33. The van der Waals surface area contributed by atoms with Crippen molar-refractivity contribution in [1.82, 2.24) is 4.57 Å². The van der Waals surface area contributed by atoms with Crippen LogP contribution in [0.5, 0.6) is 0 Å². The van der Waals surface area contributed by atoms with Gasteiger partial charge in [-0.2, -0.15) is 0 Å². The number of aromatic nitrogens is 1. The van der Waals surface area contributed by atoms with E-state index in [4.69, 9.17) is 4.74 Å². The van der Waals surface area contributed by atoms with Crippen molar-refractivity contribution in [1.29, 1.82) is 0 Å². The number of nitrogens with zero attached hydrogens (tertiary/aromatic N) is 1. The van der Waals surface area contributed by atoms with E-state index in [-0.39, 0.29) is 35.7 Å². The molecule has 5 heteroatoms. The zero-order valence-corrected chi connectivity index (χ0v) is 31.0. The highest BCUT2D eigenvalue weighted by Crippen LogP contribution is 2.78. The van der Waals surface area contributed by atoms with Crippen LogP contribution < -0.4 is 0 Å². The zero-order valence-electron chi connectivity index (χ0n) is 31.0. The lowest BCUT2D eigenvalue weighted by Gasteiger charge is -2.73. The van der Waals surface area contributed by atoms with Crippen LogP contribution in [0.3, 0.4) is 0 Å². The molecule has 47 heavy (non-hydrogen) atoms. The minimum atomic E-state index is -0.867. The molecule has 0 aliphatic heterocycles. The molecule has 5 aliphatic rings. The van der Waals surface area contributed by atoms with E-state index in [1.165, 1.54) is 63.4 Å². The van der Waals surface area contributed by atoms with Gasteiger partial charge in [0.1, 0.15) is 6.10 Å². The number of hydrogen-bond acceptors (Lipinski definition) is 3. The van der Waals surface area contributed by atoms with E-state index in [1.807, 2.05) is 13.8 Å². The molecule has 0 amide bonds. The third kappa shape index (κ3) is 5.56. The fraction of sp³-hybridized carbons (Fsp3) is 0.810. The van der Waals surface area contributed by atoms with E-state index < -0.39 is 11.4 Å². The van der Waals surface area contributed by atoms with Gasteiger partial charge in [0.05, 0.1) is 12.8 Å². The number of esters is 1.